The average Bonchev–Trinajstić information content (AvgIpc) is 3.26. The second-order valence-electron chi connectivity index (χ2n) is 11.4. The molecule has 3 saturated heterocycles. The minimum Gasteiger partial charge on any atom is -0.477 e. The number of ether oxygens (including phenoxy) is 1. The summed E-state index contributed by atoms with van der Waals surface area (Å²) < 4.78 is 20.8. The van der Waals surface area contributed by atoms with Crippen molar-refractivity contribution in [1.29, 1.82) is 0 Å². The summed E-state index contributed by atoms with van der Waals surface area (Å²) in [4.78, 5) is 24.3. The predicted molar refractivity (Wildman–Crippen MR) is 145 cm³/mol. The van der Waals surface area contributed by atoms with Gasteiger partial charge < -0.3 is 14.7 Å². The lowest BCUT2D eigenvalue weighted by Gasteiger charge is -2.46. The minimum absolute atomic E-state index is 0.0131. The van der Waals surface area contributed by atoms with Crippen molar-refractivity contribution in [2.75, 3.05) is 57.4 Å². The van der Waals surface area contributed by atoms with Crippen LogP contribution in [0.2, 0.25) is 0 Å². The lowest BCUT2D eigenvalue weighted by Crippen LogP contribution is -2.59. The number of piperidine rings is 1. The smallest absolute Gasteiger partial charge is 0.354 e. The molecule has 3 aliphatic heterocycles. The maximum absolute atomic E-state index is 13.7. The van der Waals surface area contributed by atoms with Crippen molar-refractivity contribution in [3.05, 3.63) is 47.5 Å². The molecule has 2 aromatic heterocycles. The number of pyridine rings is 1. The molecule has 39 heavy (non-hydrogen) atoms. The lowest BCUT2D eigenvalue weighted by atomic mass is 9.82. The highest BCUT2D eigenvalue weighted by atomic mass is 19.1. The van der Waals surface area contributed by atoms with E-state index in [-0.39, 0.29) is 11.5 Å². The van der Waals surface area contributed by atoms with E-state index in [1.165, 1.54) is 12.1 Å². The Hall–Kier alpha value is -3.08. The van der Waals surface area contributed by atoms with Gasteiger partial charge in [0.05, 0.1) is 41.7 Å². The molecule has 0 spiro atoms. The van der Waals surface area contributed by atoms with Crippen LogP contribution in [0.1, 0.15) is 54.2 Å². The molecule has 3 aromatic rings. The van der Waals surface area contributed by atoms with E-state index in [1.54, 1.807) is 22.9 Å². The molecule has 4 fully saturated rings. The Kier molecular flexibility index (Phi) is 6.49. The number of aromatic nitrogens is 3. The molecule has 7 rings (SSSR count). The molecule has 1 aromatic carbocycles. The van der Waals surface area contributed by atoms with E-state index in [4.69, 9.17) is 9.84 Å². The fourth-order valence-electron chi connectivity index (χ4n) is 6.59. The second kappa shape index (κ2) is 10.1. The van der Waals surface area contributed by atoms with Gasteiger partial charge in [0, 0.05) is 51.2 Å². The first-order valence-electron chi connectivity index (χ1n) is 14.3. The largest absolute Gasteiger partial charge is 0.477 e. The van der Waals surface area contributed by atoms with Crippen LogP contribution in [0.3, 0.4) is 0 Å². The quantitative estimate of drug-likeness (QED) is 0.514. The summed E-state index contributed by atoms with van der Waals surface area (Å²) in [7, 11) is 0. The monoisotopic (exact) mass is 534 g/mol. The first-order chi connectivity index (χ1) is 19.0. The van der Waals surface area contributed by atoms with Gasteiger partial charge in [-0.25, -0.2) is 18.9 Å². The minimum atomic E-state index is -1.06. The molecule has 1 aliphatic carbocycles. The van der Waals surface area contributed by atoms with Crippen molar-refractivity contribution < 1.29 is 19.0 Å². The molecule has 0 unspecified atom stereocenters. The maximum Gasteiger partial charge on any atom is 0.354 e. The third-order valence-electron chi connectivity index (χ3n) is 9.23. The molecular weight excluding hydrogens is 499 g/mol. The third-order valence-corrected chi connectivity index (χ3v) is 9.23. The van der Waals surface area contributed by atoms with Gasteiger partial charge in [0.25, 0.3) is 0 Å². The number of halogens is 1. The molecule has 206 valence electrons. The van der Waals surface area contributed by atoms with Gasteiger partial charge in [0.1, 0.15) is 5.82 Å². The van der Waals surface area contributed by atoms with E-state index in [0.717, 1.165) is 101 Å². The number of carboxylic acids is 1. The van der Waals surface area contributed by atoms with Crippen LogP contribution in [-0.4, -0.2) is 100 Å². The van der Waals surface area contributed by atoms with Gasteiger partial charge in [-0.3, -0.25) is 9.80 Å². The molecule has 0 bridgehead atoms. The van der Waals surface area contributed by atoms with Gasteiger partial charge in [0.15, 0.2) is 11.3 Å². The van der Waals surface area contributed by atoms with Crippen LogP contribution in [0.5, 0.6) is 0 Å². The molecule has 0 amide bonds. The lowest BCUT2D eigenvalue weighted by molar-refractivity contribution is -0.0803. The van der Waals surface area contributed by atoms with Crippen LogP contribution in [0, 0.1) is 5.82 Å². The van der Waals surface area contributed by atoms with E-state index in [9.17, 15) is 14.3 Å². The zero-order valence-corrected chi connectivity index (χ0v) is 22.1. The van der Waals surface area contributed by atoms with Crippen LogP contribution in [-0.2, 0) is 4.74 Å². The summed E-state index contributed by atoms with van der Waals surface area (Å²) in [6, 6.07) is 9.03. The molecule has 1 N–H and O–H groups in total. The highest BCUT2D eigenvalue weighted by Crippen LogP contribution is 2.43. The summed E-state index contributed by atoms with van der Waals surface area (Å²) in [5.41, 5.74) is 3.13. The fraction of sp³-hybridized carbons (Fsp3) is 0.552. The Labute approximate surface area is 227 Å². The molecule has 9 nitrogen and oxygen atoms in total. The van der Waals surface area contributed by atoms with Crippen LogP contribution >= 0.6 is 0 Å². The Morgan fingerprint density at radius 2 is 1.59 bits per heavy atom. The Balaban J connectivity index is 1.18. The number of rotatable bonds is 6. The molecule has 0 atom stereocenters. The summed E-state index contributed by atoms with van der Waals surface area (Å²) >= 11 is 0. The number of hydrogen-bond acceptors (Lipinski definition) is 7. The number of anilines is 1. The standard InChI is InChI=1S/C29H35FN6O3/c30-20-4-6-22(7-5-20)36-28-26(27(32-36)19-2-1-3-19)25(16-24(31-28)29(37)38)35-10-8-21(9-11-35)33-12-14-34(15-13-33)23-17-39-18-23/h4-7,16,19,21,23H,1-3,8-15,17-18H2,(H,37,38). The van der Waals surface area contributed by atoms with Gasteiger partial charge >= 0.3 is 5.97 Å². The van der Waals surface area contributed by atoms with E-state index in [2.05, 4.69) is 19.7 Å². The van der Waals surface area contributed by atoms with Crippen molar-refractivity contribution in [3.8, 4) is 5.69 Å². The molecule has 10 heteroatoms. The van der Waals surface area contributed by atoms with Crippen LogP contribution in [0.15, 0.2) is 30.3 Å². The van der Waals surface area contributed by atoms with Crippen molar-refractivity contribution in [2.45, 2.75) is 50.1 Å². The number of hydrogen-bond donors (Lipinski definition) is 1. The summed E-state index contributed by atoms with van der Waals surface area (Å²) in [5.74, 6) is -1.05. The van der Waals surface area contributed by atoms with Crippen molar-refractivity contribution in [3.63, 3.8) is 0 Å². The maximum atomic E-state index is 13.7. The second-order valence-corrected chi connectivity index (χ2v) is 11.4. The van der Waals surface area contributed by atoms with E-state index in [0.29, 0.717) is 29.3 Å². The highest BCUT2D eigenvalue weighted by molar-refractivity contribution is 5.98. The molecule has 5 heterocycles. The van der Waals surface area contributed by atoms with Crippen LogP contribution in [0.4, 0.5) is 10.1 Å². The molecule has 4 aliphatic rings. The number of piperazine rings is 1. The van der Waals surface area contributed by atoms with Gasteiger partial charge in [-0.05, 0) is 56.0 Å². The number of fused-ring (bicyclic) bond motifs is 1. The van der Waals surface area contributed by atoms with Crippen molar-refractivity contribution in [1.82, 2.24) is 24.6 Å². The Morgan fingerprint density at radius 1 is 0.923 bits per heavy atom. The summed E-state index contributed by atoms with van der Waals surface area (Å²) in [6.45, 7) is 7.88. The first kappa shape index (κ1) is 24.9. The van der Waals surface area contributed by atoms with E-state index >= 15 is 0 Å². The van der Waals surface area contributed by atoms with Gasteiger partial charge in [0.2, 0.25) is 0 Å². The van der Waals surface area contributed by atoms with Crippen LogP contribution < -0.4 is 4.90 Å². The normalized spacial score (nSPS) is 22.2. The van der Waals surface area contributed by atoms with Crippen molar-refractivity contribution in [2.24, 2.45) is 0 Å². The Bertz CT molecular complexity index is 1350. The zero-order valence-electron chi connectivity index (χ0n) is 22.1. The summed E-state index contributed by atoms with van der Waals surface area (Å²) in [6.07, 6.45) is 5.39. The third kappa shape index (κ3) is 4.58. The average molecular weight is 535 g/mol. The van der Waals surface area contributed by atoms with Gasteiger partial charge in [-0.1, -0.05) is 6.42 Å². The SMILES string of the molecule is O=C(O)c1cc(N2CCC(N3CCN(C4COC4)CC3)CC2)c2c(C3CCC3)nn(-c3ccc(F)cc3)c2n1. The number of aromatic carboxylic acids is 1. The van der Waals surface area contributed by atoms with Gasteiger partial charge in [-0.2, -0.15) is 5.10 Å². The first-order valence-corrected chi connectivity index (χ1v) is 14.3. The number of carboxylic acid groups (broad SMARTS) is 1. The molecule has 1 saturated carbocycles. The predicted octanol–water partition coefficient (Wildman–Crippen LogP) is 3.51. The highest BCUT2D eigenvalue weighted by Gasteiger charge is 2.34. The van der Waals surface area contributed by atoms with Crippen molar-refractivity contribution >= 4 is 22.7 Å². The number of nitrogens with zero attached hydrogens (tertiary/aromatic N) is 6. The van der Waals surface area contributed by atoms with Gasteiger partial charge in [-0.15, -0.1) is 0 Å². The van der Waals surface area contributed by atoms with Crippen LogP contribution in [0.25, 0.3) is 16.7 Å². The van der Waals surface area contributed by atoms with E-state index < -0.39 is 5.97 Å². The number of benzene rings is 1. The zero-order chi connectivity index (χ0) is 26.5. The molecule has 0 radical (unpaired) electrons. The Morgan fingerprint density at radius 3 is 2.15 bits per heavy atom. The fourth-order valence-corrected chi connectivity index (χ4v) is 6.59. The topological polar surface area (TPSA) is 87.0 Å². The number of carbonyl (C=O) groups is 1. The van der Waals surface area contributed by atoms with E-state index in [1.807, 2.05) is 0 Å². The summed E-state index contributed by atoms with van der Waals surface area (Å²) in [5, 5.41) is 15.9. The molecular formula is C29H35FN6O3.